The van der Waals surface area contributed by atoms with Crippen LogP contribution in [-0.4, -0.2) is 23.8 Å². The van der Waals surface area contributed by atoms with Crippen LogP contribution in [0.15, 0.2) is 42.5 Å². The van der Waals surface area contributed by atoms with Crippen molar-refractivity contribution in [2.75, 3.05) is 12.4 Å². The first kappa shape index (κ1) is 13.5. The summed E-state index contributed by atoms with van der Waals surface area (Å²) in [5, 5.41) is 10.0. The minimum Gasteiger partial charge on any atom is -0.481 e. The highest BCUT2D eigenvalue weighted by Crippen LogP contribution is 2.12. The predicted molar refractivity (Wildman–Crippen MR) is 76.2 cm³/mol. The number of hydrogen-bond donors (Lipinski definition) is 3. The monoisotopic (exact) mass is 270 g/mol. The molecule has 2 rings (SSSR count). The highest BCUT2D eigenvalue weighted by atomic mass is 16.5. The number of benzene rings is 1. The van der Waals surface area contributed by atoms with Gasteiger partial charge in [-0.05, 0) is 30.3 Å². The summed E-state index contributed by atoms with van der Waals surface area (Å²) < 4.78 is 4.97. The number of carbonyl (C=O) groups is 1. The number of carbonyl (C=O) groups excluding carboxylic acids is 1. The van der Waals surface area contributed by atoms with E-state index >= 15 is 0 Å². The molecule has 0 fully saturated rings. The van der Waals surface area contributed by atoms with E-state index in [1.807, 2.05) is 0 Å². The molecule has 6 heteroatoms. The van der Waals surface area contributed by atoms with Crippen LogP contribution >= 0.6 is 0 Å². The van der Waals surface area contributed by atoms with E-state index in [-0.39, 0.29) is 17.4 Å². The van der Waals surface area contributed by atoms with Gasteiger partial charge in [0, 0.05) is 17.3 Å². The molecule has 0 bridgehead atoms. The van der Waals surface area contributed by atoms with Crippen molar-refractivity contribution in [3.63, 3.8) is 0 Å². The van der Waals surface area contributed by atoms with Gasteiger partial charge in [-0.3, -0.25) is 10.2 Å². The average molecular weight is 270 g/mol. The number of amidine groups is 1. The minimum atomic E-state index is -0.334. The van der Waals surface area contributed by atoms with Gasteiger partial charge < -0.3 is 15.8 Å². The number of aromatic nitrogens is 1. The van der Waals surface area contributed by atoms with Crippen LogP contribution in [0.25, 0.3) is 0 Å². The molecule has 1 aromatic carbocycles. The maximum Gasteiger partial charge on any atom is 0.274 e. The van der Waals surface area contributed by atoms with Crippen molar-refractivity contribution >= 4 is 17.4 Å². The molecular formula is C14H14N4O2. The average Bonchev–Trinajstić information content (AvgIpc) is 2.47. The highest BCUT2D eigenvalue weighted by Gasteiger charge is 2.08. The molecule has 1 aromatic heterocycles. The second-order valence-corrected chi connectivity index (χ2v) is 4.01. The van der Waals surface area contributed by atoms with Gasteiger partial charge in [0.1, 0.15) is 11.5 Å². The summed E-state index contributed by atoms with van der Waals surface area (Å²) in [6, 6.07) is 11.6. The Balaban J connectivity index is 2.12. The summed E-state index contributed by atoms with van der Waals surface area (Å²) in [7, 11) is 1.49. The number of nitrogens with zero attached hydrogens (tertiary/aromatic N) is 1. The SMILES string of the molecule is COc1cccc(C(=O)Nc2ccc(C(=N)N)cc2)n1. The summed E-state index contributed by atoms with van der Waals surface area (Å²) in [5.41, 5.74) is 6.83. The summed E-state index contributed by atoms with van der Waals surface area (Å²) in [5.74, 6) is 0.0291. The summed E-state index contributed by atoms with van der Waals surface area (Å²) in [4.78, 5) is 16.0. The number of methoxy groups -OCH3 is 1. The number of nitrogens with one attached hydrogen (secondary N) is 2. The number of amides is 1. The zero-order chi connectivity index (χ0) is 14.5. The third-order valence-electron chi connectivity index (χ3n) is 2.62. The fourth-order valence-electron chi connectivity index (χ4n) is 1.58. The van der Waals surface area contributed by atoms with Crippen molar-refractivity contribution in [1.82, 2.24) is 4.98 Å². The maximum atomic E-state index is 12.0. The van der Waals surface area contributed by atoms with E-state index in [1.54, 1.807) is 42.5 Å². The number of hydrogen-bond acceptors (Lipinski definition) is 4. The number of ether oxygens (including phenoxy) is 1. The Morgan fingerprint density at radius 2 is 1.95 bits per heavy atom. The third kappa shape index (κ3) is 3.11. The first-order valence-electron chi connectivity index (χ1n) is 5.87. The molecule has 2 aromatic rings. The van der Waals surface area contributed by atoms with Crippen LogP contribution in [0.5, 0.6) is 5.88 Å². The zero-order valence-corrected chi connectivity index (χ0v) is 10.9. The molecule has 0 aliphatic carbocycles. The lowest BCUT2D eigenvalue weighted by Gasteiger charge is -2.06. The van der Waals surface area contributed by atoms with E-state index in [4.69, 9.17) is 15.9 Å². The second-order valence-electron chi connectivity index (χ2n) is 4.01. The van der Waals surface area contributed by atoms with Crippen molar-refractivity contribution < 1.29 is 9.53 Å². The summed E-state index contributed by atoms with van der Waals surface area (Å²) in [6.07, 6.45) is 0. The van der Waals surface area contributed by atoms with Crippen molar-refractivity contribution in [3.05, 3.63) is 53.7 Å². The molecule has 0 atom stereocenters. The van der Waals surface area contributed by atoms with Crippen LogP contribution < -0.4 is 15.8 Å². The smallest absolute Gasteiger partial charge is 0.274 e. The molecule has 4 N–H and O–H groups in total. The van der Waals surface area contributed by atoms with E-state index in [9.17, 15) is 4.79 Å². The van der Waals surface area contributed by atoms with Crippen LogP contribution in [0.2, 0.25) is 0 Å². The zero-order valence-electron chi connectivity index (χ0n) is 10.9. The largest absolute Gasteiger partial charge is 0.481 e. The van der Waals surface area contributed by atoms with Gasteiger partial charge in [-0.2, -0.15) is 0 Å². The van der Waals surface area contributed by atoms with Gasteiger partial charge in [0.2, 0.25) is 5.88 Å². The van der Waals surface area contributed by atoms with Crippen LogP contribution in [-0.2, 0) is 0 Å². The van der Waals surface area contributed by atoms with E-state index in [0.29, 0.717) is 17.1 Å². The first-order chi connectivity index (χ1) is 9.60. The summed E-state index contributed by atoms with van der Waals surface area (Å²) >= 11 is 0. The molecule has 1 heterocycles. The van der Waals surface area contributed by atoms with Crippen LogP contribution in [0, 0.1) is 5.41 Å². The quantitative estimate of drug-likeness (QED) is 0.580. The van der Waals surface area contributed by atoms with E-state index in [0.717, 1.165) is 0 Å². The molecule has 6 nitrogen and oxygen atoms in total. The normalized spacial score (nSPS) is 9.85. The first-order valence-corrected chi connectivity index (χ1v) is 5.87. The van der Waals surface area contributed by atoms with Gasteiger partial charge >= 0.3 is 0 Å². The Labute approximate surface area is 116 Å². The number of anilines is 1. The molecular weight excluding hydrogens is 256 g/mol. The van der Waals surface area contributed by atoms with E-state index in [1.165, 1.54) is 7.11 Å². The van der Waals surface area contributed by atoms with E-state index < -0.39 is 0 Å². The lowest BCUT2D eigenvalue weighted by molar-refractivity contribution is 0.102. The molecule has 1 amide bonds. The topological polar surface area (TPSA) is 101 Å². The number of rotatable bonds is 4. The van der Waals surface area contributed by atoms with Gasteiger partial charge in [0.25, 0.3) is 5.91 Å². The Morgan fingerprint density at radius 1 is 1.25 bits per heavy atom. The Morgan fingerprint density at radius 3 is 2.55 bits per heavy atom. The van der Waals surface area contributed by atoms with Gasteiger partial charge in [0.05, 0.1) is 7.11 Å². The van der Waals surface area contributed by atoms with Gasteiger partial charge in [-0.25, -0.2) is 4.98 Å². The highest BCUT2D eigenvalue weighted by molar-refractivity contribution is 6.03. The van der Waals surface area contributed by atoms with Crippen LogP contribution in [0.1, 0.15) is 16.1 Å². The Bertz CT molecular complexity index is 638. The molecule has 0 aliphatic rings. The summed E-state index contributed by atoms with van der Waals surface area (Å²) in [6.45, 7) is 0. The lowest BCUT2D eigenvalue weighted by Crippen LogP contribution is -2.14. The molecule has 0 radical (unpaired) electrons. The van der Waals surface area contributed by atoms with Gasteiger partial charge in [0.15, 0.2) is 0 Å². The van der Waals surface area contributed by atoms with Crippen molar-refractivity contribution in [1.29, 1.82) is 5.41 Å². The molecule has 0 unspecified atom stereocenters. The number of pyridine rings is 1. The van der Waals surface area contributed by atoms with E-state index in [2.05, 4.69) is 10.3 Å². The Hall–Kier alpha value is -2.89. The van der Waals surface area contributed by atoms with Crippen LogP contribution in [0.3, 0.4) is 0 Å². The standard InChI is InChI=1S/C14H14N4O2/c1-20-12-4-2-3-11(18-12)14(19)17-10-7-5-9(6-8-10)13(15)16/h2-8H,1H3,(H3,15,16)(H,17,19). The molecule has 20 heavy (non-hydrogen) atoms. The molecule has 0 saturated carbocycles. The second kappa shape index (κ2) is 5.83. The van der Waals surface area contributed by atoms with Crippen molar-refractivity contribution in [2.24, 2.45) is 5.73 Å². The molecule has 0 spiro atoms. The van der Waals surface area contributed by atoms with Crippen LogP contribution in [0.4, 0.5) is 5.69 Å². The fraction of sp³-hybridized carbons (Fsp3) is 0.0714. The van der Waals surface area contributed by atoms with Crippen molar-refractivity contribution in [2.45, 2.75) is 0 Å². The third-order valence-corrected chi connectivity index (χ3v) is 2.62. The number of nitrogen functional groups attached to an aromatic ring is 1. The predicted octanol–water partition coefficient (Wildman–Crippen LogP) is 1.63. The number of nitrogens with two attached hydrogens (primary N) is 1. The maximum absolute atomic E-state index is 12.0. The molecule has 102 valence electrons. The lowest BCUT2D eigenvalue weighted by atomic mass is 10.2. The van der Waals surface area contributed by atoms with Gasteiger partial charge in [-0.1, -0.05) is 6.07 Å². The minimum absolute atomic E-state index is 0.0164. The molecule has 0 aliphatic heterocycles. The van der Waals surface area contributed by atoms with Crippen molar-refractivity contribution in [3.8, 4) is 5.88 Å². The fourth-order valence-corrected chi connectivity index (χ4v) is 1.58. The Kier molecular flexibility index (Phi) is 3.95. The van der Waals surface area contributed by atoms with Gasteiger partial charge in [-0.15, -0.1) is 0 Å². The molecule has 0 saturated heterocycles.